The van der Waals surface area contributed by atoms with Crippen molar-refractivity contribution in [2.45, 2.75) is 31.9 Å². The van der Waals surface area contributed by atoms with Crippen molar-refractivity contribution in [2.24, 2.45) is 12.0 Å². The smallest absolute Gasteiger partial charge is 0.161 e. The maximum absolute atomic E-state index is 4.50. The van der Waals surface area contributed by atoms with Crippen molar-refractivity contribution < 1.29 is 0 Å². The second kappa shape index (κ2) is 4.91. The standard InChI is InChI=1S/C11H18N4S/c1-4-8-6-12-11(16-8)13-10-7-15(3)14-9(10)5-2/h7-8H,4-6H2,1-3H3,(H,12,13). The van der Waals surface area contributed by atoms with E-state index in [0.717, 1.165) is 29.5 Å². The number of aromatic nitrogens is 2. The minimum absolute atomic E-state index is 0.643. The van der Waals surface area contributed by atoms with Gasteiger partial charge in [-0.2, -0.15) is 5.10 Å². The van der Waals surface area contributed by atoms with Crippen LogP contribution in [0, 0.1) is 0 Å². The number of rotatable bonds is 3. The Morgan fingerprint density at radius 1 is 1.56 bits per heavy atom. The molecule has 0 saturated heterocycles. The highest BCUT2D eigenvalue weighted by Gasteiger charge is 2.19. The van der Waals surface area contributed by atoms with Crippen molar-refractivity contribution >= 4 is 22.6 Å². The highest BCUT2D eigenvalue weighted by atomic mass is 32.2. The molecule has 0 aliphatic carbocycles. The molecule has 1 N–H and O–H groups in total. The minimum atomic E-state index is 0.643. The number of amidine groups is 1. The summed E-state index contributed by atoms with van der Waals surface area (Å²) in [6.45, 7) is 5.26. The molecule has 1 aliphatic heterocycles. The van der Waals surface area contributed by atoms with Crippen molar-refractivity contribution in [1.29, 1.82) is 0 Å². The second-order valence-electron chi connectivity index (χ2n) is 3.94. The van der Waals surface area contributed by atoms with E-state index in [1.54, 1.807) is 0 Å². The summed E-state index contributed by atoms with van der Waals surface area (Å²) in [5, 5.41) is 9.45. The molecule has 88 valence electrons. The van der Waals surface area contributed by atoms with E-state index >= 15 is 0 Å². The molecule has 2 heterocycles. The van der Waals surface area contributed by atoms with Crippen molar-refractivity contribution in [3.63, 3.8) is 0 Å². The number of hydrogen-bond donors (Lipinski definition) is 1. The SMILES string of the molecule is CCc1nn(C)cc1NC1=NCC(CC)S1. The lowest BCUT2D eigenvalue weighted by molar-refractivity contribution is 0.746. The van der Waals surface area contributed by atoms with Crippen molar-refractivity contribution in [2.75, 3.05) is 11.9 Å². The molecule has 0 radical (unpaired) electrons. The zero-order valence-corrected chi connectivity index (χ0v) is 10.8. The number of nitrogens with one attached hydrogen (secondary N) is 1. The Kier molecular flexibility index (Phi) is 3.53. The third-order valence-corrected chi connectivity index (χ3v) is 3.92. The van der Waals surface area contributed by atoms with Crippen LogP contribution in [0.25, 0.3) is 0 Å². The predicted molar refractivity (Wildman–Crippen MR) is 70.2 cm³/mol. The van der Waals surface area contributed by atoms with Crippen molar-refractivity contribution in [3.8, 4) is 0 Å². The zero-order chi connectivity index (χ0) is 11.5. The van der Waals surface area contributed by atoms with Crippen LogP contribution in [0.15, 0.2) is 11.2 Å². The van der Waals surface area contributed by atoms with Gasteiger partial charge in [0.2, 0.25) is 0 Å². The zero-order valence-electron chi connectivity index (χ0n) is 10.0. The molecular formula is C11H18N4S. The normalized spacial score (nSPS) is 19.9. The third-order valence-electron chi connectivity index (χ3n) is 2.65. The van der Waals surface area contributed by atoms with Gasteiger partial charge in [-0.3, -0.25) is 9.67 Å². The van der Waals surface area contributed by atoms with E-state index < -0.39 is 0 Å². The summed E-state index contributed by atoms with van der Waals surface area (Å²) in [5.74, 6) is 0. The molecule has 1 aliphatic rings. The highest BCUT2D eigenvalue weighted by molar-refractivity contribution is 8.15. The quantitative estimate of drug-likeness (QED) is 0.878. The molecule has 0 fully saturated rings. The largest absolute Gasteiger partial charge is 0.332 e. The van der Waals surface area contributed by atoms with E-state index in [4.69, 9.17) is 0 Å². The number of hydrogen-bond acceptors (Lipinski definition) is 4. The maximum Gasteiger partial charge on any atom is 0.161 e. The van der Waals surface area contributed by atoms with E-state index in [1.807, 2.05) is 29.7 Å². The summed E-state index contributed by atoms with van der Waals surface area (Å²) in [4.78, 5) is 4.50. The van der Waals surface area contributed by atoms with Crippen LogP contribution in [0.4, 0.5) is 5.69 Å². The monoisotopic (exact) mass is 238 g/mol. The average molecular weight is 238 g/mol. The van der Waals surface area contributed by atoms with E-state index in [9.17, 15) is 0 Å². The van der Waals surface area contributed by atoms with Crippen LogP contribution in [0.2, 0.25) is 0 Å². The first-order valence-corrected chi connectivity index (χ1v) is 6.61. The molecule has 2 rings (SSSR count). The van der Waals surface area contributed by atoms with Crippen LogP contribution in [0.5, 0.6) is 0 Å². The van der Waals surface area contributed by atoms with Crippen molar-refractivity contribution in [3.05, 3.63) is 11.9 Å². The van der Waals surface area contributed by atoms with Gasteiger partial charge in [0.15, 0.2) is 5.17 Å². The first-order chi connectivity index (χ1) is 7.72. The molecule has 4 nitrogen and oxygen atoms in total. The second-order valence-corrected chi connectivity index (χ2v) is 5.22. The first-order valence-electron chi connectivity index (χ1n) is 5.73. The number of nitrogens with zero attached hydrogens (tertiary/aromatic N) is 3. The molecule has 1 aromatic rings. The topological polar surface area (TPSA) is 42.2 Å². The highest BCUT2D eigenvalue weighted by Crippen LogP contribution is 2.25. The van der Waals surface area contributed by atoms with Crippen LogP contribution < -0.4 is 5.32 Å². The molecule has 0 saturated carbocycles. The van der Waals surface area contributed by atoms with Gasteiger partial charge in [-0.05, 0) is 12.8 Å². The molecular weight excluding hydrogens is 220 g/mol. The molecule has 5 heteroatoms. The Labute approximate surface area is 101 Å². The van der Waals surface area contributed by atoms with E-state index in [2.05, 4.69) is 29.3 Å². The van der Waals surface area contributed by atoms with Crippen LogP contribution in [-0.4, -0.2) is 26.7 Å². The number of aliphatic imine (C=N–C) groups is 1. The van der Waals surface area contributed by atoms with Gasteiger partial charge in [0.25, 0.3) is 0 Å². The summed E-state index contributed by atoms with van der Waals surface area (Å²) in [6.07, 6.45) is 4.13. The average Bonchev–Trinajstić information content (AvgIpc) is 2.85. The Morgan fingerprint density at radius 2 is 2.38 bits per heavy atom. The summed E-state index contributed by atoms with van der Waals surface area (Å²) in [5.41, 5.74) is 2.19. The van der Waals surface area contributed by atoms with Crippen LogP contribution in [-0.2, 0) is 13.5 Å². The Hall–Kier alpha value is -0.970. The summed E-state index contributed by atoms with van der Waals surface area (Å²) in [6, 6.07) is 0. The predicted octanol–water partition coefficient (Wildman–Crippen LogP) is 2.28. The lowest BCUT2D eigenvalue weighted by Gasteiger charge is -2.05. The lowest BCUT2D eigenvalue weighted by Crippen LogP contribution is -2.07. The van der Waals surface area contributed by atoms with Gasteiger partial charge in [-0.15, -0.1) is 0 Å². The van der Waals surface area contributed by atoms with Gasteiger partial charge >= 0.3 is 0 Å². The molecule has 0 amide bonds. The molecule has 0 aromatic carbocycles. The number of aryl methyl sites for hydroxylation is 2. The van der Waals surface area contributed by atoms with Gasteiger partial charge in [0.05, 0.1) is 17.9 Å². The van der Waals surface area contributed by atoms with Crippen molar-refractivity contribution in [1.82, 2.24) is 9.78 Å². The Bertz CT molecular complexity index is 397. The summed E-state index contributed by atoms with van der Waals surface area (Å²) < 4.78 is 1.85. The maximum atomic E-state index is 4.50. The van der Waals surface area contributed by atoms with Gasteiger partial charge in [0.1, 0.15) is 0 Å². The van der Waals surface area contributed by atoms with E-state index in [1.165, 1.54) is 6.42 Å². The number of anilines is 1. The molecule has 16 heavy (non-hydrogen) atoms. The molecule has 1 unspecified atom stereocenters. The van der Waals surface area contributed by atoms with Crippen LogP contribution >= 0.6 is 11.8 Å². The Balaban J connectivity index is 2.04. The van der Waals surface area contributed by atoms with Crippen LogP contribution in [0.1, 0.15) is 26.0 Å². The third kappa shape index (κ3) is 2.40. The molecule has 0 spiro atoms. The van der Waals surface area contributed by atoms with Gasteiger partial charge in [-0.1, -0.05) is 25.6 Å². The van der Waals surface area contributed by atoms with Gasteiger partial charge < -0.3 is 5.32 Å². The van der Waals surface area contributed by atoms with Gasteiger partial charge in [-0.25, -0.2) is 0 Å². The first kappa shape index (κ1) is 11.5. The fourth-order valence-corrected chi connectivity index (χ4v) is 2.66. The van der Waals surface area contributed by atoms with E-state index in [0.29, 0.717) is 5.25 Å². The minimum Gasteiger partial charge on any atom is -0.332 e. The van der Waals surface area contributed by atoms with E-state index in [-0.39, 0.29) is 0 Å². The molecule has 1 aromatic heterocycles. The summed E-state index contributed by atoms with van der Waals surface area (Å²) >= 11 is 1.84. The molecule has 1 atom stereocenters. The fraction of sp³-hybridized carbons (Fsp3) is 0.636. The lowest BCUT2D eigenvalue weighted by atomic mass is 10.3. The Morgan fingerprint density at radius 3 is 3.00 bits per heavy atom. The number of thioether (sulfide) groups is 1. The summed E-state index contributed by atoms with van der Waals surface area (Å²) in [7, 11) is 1.95. The van der Waals surface area contributed by atoms with Crippen LogP contribution in [0.3, 0.4) is 0 Å². The van der Waals surface area contributed by atoms with Gasteiger partial charge in [0, 0.05) is 18.5 Å². The molecule has 0 bridgehead atoms. The fourth-order valence-electron chi connectivity index (χ4n) is 1.71.